The highest BCUT2D eigenvalue weighted by molar-refractivity contribution is 8.01. The number of aromatic nitrogens is 3. The number of thioether (sulfide) groups is 1. The van der Waals surface area contributed by atoms with Crippen LogP contribution in [0.4, 0.5) is 5.82 Å². The third-order valence-corrected chi connectivity index (χ3v) is 6.24. The minimum Gasteiger partial charge on any atom is -0.497 e. The summed E-state index contributed by atoms with van der Waals surface area (Å²) >= 11 is 1.76. The number of fused-ring (bicyclic) bond motifs is 1. The number of pyridine rings is 1. The molecule has 0 saturated carbocycles. The largest absolute Gasteiger partial charge is 0.497 e. The molecule has 154 valence electrons. The van der Waals surface area contributed by atoms with E-state index < -0.39 is 0 Å². The van der Waals surface area contributed by atoms with Gasteiger partial charge in [0.2, 0.25) is 0 Å². The molecule has 1 N–H and O–H groups in total. The Morgan fingerprint density at radius 2 is 1.81 bits per heavy atom. The fraction of sp³-hybridized carbons (Fsp3) is 0.167. The Hall–Kier alpha value is -3.45. The maximum absolute atomic E-state index is 5.43. The zero-order valence-corrected chi connectivity index (χ0v) is 18.0. The van der Waals surface area contributed by atoms with Crippen molar-refractivity contribution in [2.24, 2.45) is 4.99 Å². The van der Waals surface area contributed by atoms with Gasteiger partial charge in [0.15, 0.2) is 11.3 Å². The quantitative estimate of drug-likeness (QED) is 0.482. The summed E-state index contributed by atoms with van der Waals surface area (Å²) in [4.78, 5) is 18.7. The molecule has 7 heteroatoms. The second-order valence-electron chi connectivity index (χ2n) is 7.18. The molecule has 2 unspecified atom stereocenters. The maximum atomic E-state index is 5.43. The first-order valence-electron chi connectivity index (χ1n) is 10.0. The Morgan fingerprint density at radius 3 is 2.58 bits per heavy atom. The monoisotopic (exact) mass is 427 g/mol. The van der Waals surface area contributed by atoms with Gasteiger partial charge in [0, 0.05) is 28.6 Å². The van der Waals surface area contributed by atoms with E-state index in [0.29, 0.717) is 5.82 Å². The molecule has 6 nitrogen and oxygen atoms in total. The molecule has 0 aliphatic carbocycles. The lowest BCUT2D eigenvalue weighted by Gasteiger charge is -2.15. The summed E-state index contributed by atoms with van der Waals surface area (Å²) in [6.07, 6.45) is 3.51. The van der Waals surface area contributed by atoms with Crippen molar-refractivity contribution in [3.8, 4) is 17.1 Å². The standard InChI is InChI=1S/C24H21N5OS/c1-15-21(16-7-4-3-5-8-16)27-24(31-15)29-23-19-13-18(30-2)10-11-20(19)26-22(28-23)17-9-6-12-25-14-17/h3-15,24H,1-2H3,(H,26,28,29). The molecule has 0 amide bonds. The van der Waals surface area contributed by atoms with Crippen LogP contribution in [0.3, 0.4) is 0 Å². The van der Waals surface area contributed by atoms with E-state index in [0.717, 1.165) is 39.3 Å². The van der Waals surface area contributed by atoms with E-state index in [4.69, 9.17) is 19.7 Å². The summed E-state index contributed by atoms with van der Waals surface area (Å²) in [5.41, 5.74) is 3.80. The summed E-state index contributed by atoms with van der Waals surface area (Å²) < 4.78 is 5.43. The molecule has 0 spiro atoms. The smallest absolute Gasteiger partial charge is 0.168 e. The SMILES string of the molecule is COc1ccc2nc(-c3cccnc3)nc(NC3N=C(c4ccccc4)C(C)S3)c2c1. The van der Waals surface area contributed by atoms with Crippen LogP contribution in [0.5, 0.6) is 5.75 Å². The van der Waals surface area contributed by atoms with Crippen LogP contribution in [-0.2, 0) is 0 Å². The molecule has 2 aromatic heterocycles. The molecule has 1 aliphatic rings. The lowest BCUT2D eigenvalue weighted by Crippen LogP contribution is -2.13. The molecule has 0 bridgehead atoms. The van der Waals surface area contributed by atoms with Crippen LogP contribution in [0.2, 0.25) is 0 Å². The number of benzene rings is 2. The number of nitrogens with one attached hydrogen (secondary N) is 1. The molecule has 0 fully saturated rings. The minimum atomic E-state index is -0.142. The number of hydrogen-bond acceptors (Lipinski definition) is 7. The predicted octanol–water partition coefficient (Wildman–Crippen LogP) is 5.02. The van der Waals surface area contributed by atoms with E-state index in [-0.39, 0.29) is 10.7 Å². The Labute approximate surface area is 184 Å². The van der Waals surface area contributed by atoms with Crippen LogP contribution < -0.4 is 10.1 Å². The highest BCUT2D eigenvalue weighted by atomic mass is 32.2. The van der Waals surface area contributed by atoms with Gasteiger partial charge in [0.1, 0.15) is 11.6 Å². The summed E-state index contributed by atoms with van der Waals surface area (Å²) in [5, 5.41) is 4.69. The number of nitrogens with zero attached hydrogens (tertiary/aromatic N) is 4. The van der Waals surface area contributed by atoms with Gasteiger partial charge in [-0.2, -0.15) is 0 Å². The maximum Gasteiger partial charge on any atom is 0.168 e. The van der Waals surface area contributed by atoms with Crippen LogP contribution in [0.25, 0.3) is 22.3 Å². The van der Waals surface area contributed by atoms with Crippen LogP contribution in [0.1, 0.15) is 12.5 Å². The second-order valence-corrected chi connectivity index (χ2v) is 8.60. The van der Waals surface area contributed by atoms with Crippen LogP contribution in [0.15, 0.2) is 78.0 Å². The van der Waals surface area contributed by atoms with Gasteiger partial charge in [0.05, 0.1) is 18.3 Å². The molecule has 2 aromatic carbocycles. The number of anilines is 1. The van der Waals surface area contributed by atoms with Gasteiger partial charge in [-0.05, 0) is 42.8 Å². The Bertz CT molecular complexity index is 1250. The summed E-state index contributed by atoms with van der Waals surface area (Å²) in [5.74, 6) is 2.11. The first-order chi connectivity index (χ1) is 15.2. The summed E-state index contributed by atoms with van der Waals surface area (Å²) in [6, 6.07) is 20.0. The van der Waals surface area contributed by atoms with Crippen molar-refractivity contribution in [2.75, 3.05) is 12.4 Å². The van der Waals surface area contributed by atoms with Crippen molar-refractivity contribution < 1.29 is 4.74 Å². The van der Waals surface area contributed by atoms with Crippen molar-refractivity contribution >= 4 is 34.2 Å². The Morgan fingerprint density at radius 1 is 0.968 bits per heavy atom. The fourth-order valence-corrected chi connectivity index (χ4v) is 4.66. The third-order valence-electron chi connectivity index (χ3n) is 5.13. The van der Waals surface area contributed by atoms with E-state index in [2.05, 4.69) is 29.4 Å². The van der Waals surface area contributed by atoms with Gasteiger partial charge < -0.3 is 10.1 Å². The molecular weight excluding hydrogens is 406 g/mol. The van der Waals surface area contributed by atoms with Crippen molar-refractivity contribution in [2.45, 2.75) is 17.7 Å². The lowest BCUT2D eigenvalue weighted by atomic mass is 10.1. The van der Waals surface area contributed by atoms with Gasteiger partial charge in [-0.25, -0.2) is 9.97 Å². The Kier molecular flexibility index (Phi) is 5.26. The first kappa shape index (κ1) is 19.5. The number of aliphatic imine (C=N–C) groups is 1. The van der Waals surface area contributed by atoms with E-state index in [9.17, 15) is 0 Å². The van der Waals surface area contributed by atoms with Gasteiger partial charge >= 0.3 is 0 Å². The normalized spacial score (nSPS) is 18.1. The fourth-order valence-electron chi connectivity index (χ4n) is 3.59. The molecule has 31 heavy (non-hydrogen) atoms. The van der Waals surface area contributed by atoms with Crippen molar-refractivity contribution in [1.82, 2.24) is 15.0 Å². The lowest BCUT2D eigenvalue weighted by molar-refractivity contribution is 0.415. The number of methoxy groups -OCH3 is 1. The van der Waals surface area contributed by atoms with E-state index >= 15 is 0 Å². The molecule has 4 aromatic rings. The highest BCUT2D eigenvalue weighted by Crippen LogP contribution is 2.34. The summed E-state index contributed by atoms with van der Waals surface area (Å²) in [6.45, 7) is 2.18. The highest BCUT2D eigenvalue weighted by Gasteiger charge is 2.27. The number of ether oxygens (including phenoxy) is 1. The average molecular weight is 428 g/mol. The molecular formula is C24H21N5OS. The van der Waals surface area contributed by atoms with Gasteiger partial charge in [-0.3, -0.25) is 9.98 Å². The zero-order valence-electron chi connectivity index (χ0n) is 17.2. The van der Waals surface area contributed by atoms with E-state index in [1.807, 2.05) is 48.5 Å². The zero-order chi connectivity index (χ0) is 21.2. The van der Waals surface area contributed by atoms with Gasteiger partial charge in [0.25, 0.3) is 0 Å². The molecule has 5 rings (SSSR count). The third kappa shape index (κ3) is 3.96. The van der Waals surface area contributed by atoms with Crippen molar-refractivity contribution in [3.63, 3.8) is 0 Å². The van der Waals surface area contributed by atoms with Crippen LogP contribution >= 0.6 is 11.8 Å². The minimum absolute atomic E-state index is 0.142. The molecule has 3 heterocycles. The first-order valence-corrected chi connectivity index (χ1v) is 11.0. The Balaban J connectivity index is 1.56. The van der Waals surface area contributed by atoms with E-state index in [1.165, 1.54) is 0 Å². The van der Waals surface area contributed by atoms with Crippen molar-refractivity contribution in [1.29, 1.82) is 0 Å². The molecule has 0 saturated heterocycles. The topological polar surface area (TPSA) is 72.3 Å². The van der Waals surface area contributed by atoms with Gasteiger partial charge in [-0.15, -0.1) is 11.8 Å². The average Bonchev–Trinajstić information content (AvgIpc) is 3.19. The number of rotatable bonds is 5. The van der Waals surface area contributed by atoms with Crippen LogP contribution in [-0.4, -0.2) is 38.5 Å². The van der Waals surface area contributed by atoms with Gasteiger partial charge in [-0.1, -0.05) is 30.3 Å². The predicted molar refractivity (Wildman–Crippen MR) is 127 cm³/mol. The molecule has 1 aliphatic heterocycles. The molecule has 2 atom stereocenters. The van der Waals surface area contributed by atoms with Crippen molar-refractivity contribution in [3.05, 3.63) is 78.6 Å². The van der Waals surface area contributed by atoms with Crippen LogP contribution in [0, 0.1) is 0 Å². The number of hydrogen-bond donors (Lipinski definition) is 1. The second kappa shape index (κ2) is 8.35. The van der Waals surface area contributed by atoms with E-state index in [1.54, 1.807) is 31.3 Å². The summed E-state index contributed by atoms with van der Waals surface area (Å²) in [7, 11) is 1.66. The molecule has 0 radical (unpaired) electrons.